The fraction of sp³-hybridized carbons (Fsp3) is 0.619. The molecule has 0 fully saturated rings. The Hall–Kier alpha value is -1.77. The number of ether oxygens (including phenoxy) is 1. The third-order valence-corrected chi connectivity index (χ3v) is 10.2. The van der Waals surface area contributed by atoms with E-state index in [1.165, 1.54) is 6.92 Å². The van der Waals surface area contributed by atoms with Gasteiger partial charge in [-0.1, -0.05) is 51.1 Å². The highest BCUT2D eigenvalue weighted by Gasteiger charge is 2.43. The molecular formula is C21H34N2O6SSi. The summed E-state index contributed by atoms with van der Waals surface area (Å²) in [4.78, 5) is 11.9. The van der Waals surface area contributed by atoms with Crippen molar-refractivity contribution in [2.45, 2.75) is 70.7 Å². The molecule has 0 aromatic heterocycles. The molecule has 3 atom stereocenters. The van der Waals surface area contributed by atoms with Crippen molar-refractivity contribution < 1.29 is 26.6 Å². The molecule has 8 nitrogen and oxygen atoms in total. The van der Waals surface area contributed by atoms with E-state index >= 15 is 0 Å². The number of hydrogen-bond donors (Lipinski definition) is 1. The van der Waals surface area contributed by atoms with Crippen molar-refractivity contribution in [3.05, 3.63) is 35.9 Å². The number of carbonyl (C=O) groups excluding carboxylic acids is 1. The smallest absolute Gasteiger partial charge is 0.264 e. The van der Waals surface area contributed by atoms with Crippen molar-refractivity contribution in [2.75, 3.05) is 12.9 Å². The molecule has 31 heavy (non-hydrogen) atoms. The van der Waals surface area contributed by atoms with E-state index in [-0.39, 0.29) is 18.3 Å². The Morgan fingerprint density at radius 1 is 1.23 bits per heavy atom. The van der Waals surface area contributed by atoms with E-state index in [2.05, 4.69) is 11.4 Å². The molecule has 174 valence electrons. The van der Waals surface area contributed by atoms with Crippen LogP contribution in [0.25, 0.3) is 0 Å². The molecule has 1 rings (SSSR count). The number of nitrogens with zero attached hydrogens (tertiary/aromatic N) is 1. The predicted octanol–water partition coefficient (Wildman–Crippen LogP) is 2.97. The lowest BCUT2D eigenvalue weighted by Crippen LogP contribution is -2.57. The molecule has 10 heteroatoms. The zero-order chi connectivity index (χ0) is 23.9. The number of nitriles is 1. The van der Waals surface area contributed by atoms with Crippen LogP contribution < -0.4 is 5.32 Å². The van der Waals surface area contributed by atoms with Crippen molar-refractivity contribution in [3.63, 3.8) is 0 Å². The third kappa shape index (κ3) is 9.49. The fourth-order valence-electron chi connectivity index (χ4n) is 2.50. The summed E-state index contributed by atoms with van der Waals surface area (Å²) in [5.41, 5.74) is 0.854. The van der Waals surface area contributed by atoms with Gasteiger partial charge in [0.1, 0.15) is 6.10 Å². The highest BCUT2D eigenvalue weighted by Crippen LogP contribution is 2.37. The van der Waals surface area contributed by atoms with Crippen LogP contribution in [0.5, 0.6) is 0 Å². The topological polar surface area (TPSA) is 115 Å². The second-order valence-corrected chi connectivity index (χ2v) is 15.4. The standard InChI is InChI=1S/C21H34N2O6SSi/c1-16(24)23-20(18(13-22)29-31(6,7)21(2,3)4)19(15-28-30(5,25)26)27-14-17-11-9-8-10-12-17/h8-12,18-20H,14-15H2,1-7H3,(H,23,24)/t18-,19+,20+/m1/s1. The summed E-state index contributed by atoms with van der Waals surface area (Å²) in [6.45, 7) is 11.2. The summed E-state index contributed by atoms with van der Waals surface area (Å²) in [5, 5.41) is 12.4. The molecule has 0 aliphatic rings. The molecule has 0 aliphatic heterocycles. The van der Waals surface area contributed by atoms with E-state index in [1.54, 1.807) is 0 Å². The SMILES string of the molecule is CC(=O)N[C@H]([C@H](COS(C)(=O)=O)OCc1ccccc1)[C@@H](C#N)O[Si](C)(C)C(C)(C)C. The van der Waals surface area contributed by atoms with E-state index in [0.717, 1.165) is 11.8 Å². The highest BCUT2D eigenvalue weighted by atomic mass is 32.2. The normalized spacial score (nSPS) is 15.5. The molecule has 1 aromatic carbocycles. The van der Waals surface area contributed by atoms with Gasteiger partial charge in [0.15, 0.2) is 14.4 Å². The number of amides is 1. The Balaban J connectivity index is 3.23. The first kappa shape index (κ1) is 27.3. The van der Waals surface area contributed by atoms with Crippen LogP contribution in [0.1, 0.15) is 33.3 Å². The van der Waals surface area contributed by atoms with Gasteiger partial charge in [-0.3, -0.25) is 8.98 Å². The third-order valence-electron chi connectivity index (χ3n) is 5.20. The Morgan fingerprint density at radius 2 is 1.81 bits per heavy atom. The van der Waals surface area contributed by atoms with Gasteiger partial charge in [-0.15, -0.1) is 0 Å². The monoisotopic (exact) mass is 470 g/mol. The number of nitrogens with one attached hydrogen (secondary N) is 1. The van der Waals surface area contributed by atoms with Crippen LogP contribution >= 0.6 is 0 Å². The van der Waals surface area contributed by atoms with Crippen LogP contribution in [0.3, 0.4) is 0 Å². The van der Waals surface area contributed by atoms with Crippen molar-refractivity contribution in [2.24, 2.45) is 0 Å². The largest absolute Gasteiger partial charge is 0.400 e. The van der Waals surface area contributed by atoms with Gasteiger partial charge in [-0.2, -0.15) is 13.7 Å². The van der Waals surface area contributed by atoms with Crippen molar-refractivity contribution in [3.8, 4) is 6.07 Å². The van der Waals surface area contributed by atoms with Crippen molar-refractivity contribution in [1.82, 2.24) is 5.32 Å². The Kier molecular flexibility index (Phi) is 9.85. The summed E-state index contributed by atoms with van der Waals surface area (Å²) in [6.07, 6.45) is -1.05. The minimum Gasteiger partial charge on any atom is -0.400 e. The average Bonchev–Trinajstić information content (AvgIpc) is 2.63. The zero-order valence-corrected chi connectivity index (χ0v) is 21.2. The van der Waals surface area contributed by atoms with Gasteiger partial charge < -0.3 is 14.5 Å². The second kappa shape index (κ2) is 11.2. The predicted molar refractivity (Wildman–Crippen MR) is 121 cm³/mol. The molecule has 0 spiro atoms. The van der Waals surface area contributed by atoms with Gasteiger partial charge in [0.05, 0.1) is 31.6 Å². The first-order valence-corrected chi connectivity index (χ1v) is 14.7. The lowest BCUT2D eigenvalue weighted by Gasteiger charge is -2.40. The van der Waals surface area contributed by atoms with Crippen LogP contribution in [-0.2, 0) is 34.9 Å². The molecular weight excluding hydrogens is 436 g/mol. The molecule has 0 radical (unpaired) electrons. The van der Waals surface area contributed by atoms with Crippen LogP contribution in [-0.4, -0.2) is 53.8 Å². The first-order chi connectivity index (χ1) is 14.2. The van der Waals surface area contributed by atoms with Gasteiger partial charge in [0.25, 0.3) is 10.1 Å². The minimum atomic E-state index is -3.76. The van der Waals surface area contributed by atoms with E-state index in [9.17, 15) is 18.5 Å². The maximum Gasteiger partial charge on any atom is 0.264 e. The Bertz CT molecular complexity index is 862. The van der Waals surface area contributed by atoms with Crippen molar-refractivity contribution >= 4 is 24.3 Å². The average molecular weight is 471 g/mol. The van der Waals surface area contributed by atoms with Crippen LogP contribution in [0.4, 0.5) is 0 Å². The fourth-order valence-corrected chi connectivity index (χ4v) is 4.07. The summed E-state index contributed by atoms with van der Waals surface area (Å²) in [6, 6.07) is 10.5. The second-order valence-electron chi connectivity index (χ2n) is 8.98. The maximum atomic E-state index is 11.9. The summed E-state index contributed by atoms with van der Waals surface area (Å²) >= 11 is 0. The summed E-state index contributed by atoms with van der Waals surface area (Å²) in [7, 11) is -6.15. The molecule has 1 N–H and O–H groups in total. The highest BCUT2D eigenvalue weighted by molar-refractivity contribution is 7.85. The lowest BCUT2D eigenvalue weighted by molar-refractivity contribution is -0.122. The number of carbonyl (C=O) groups is 1. The van der Waals surface area contributed by atoms with Gasteiger partial charge in [-0.05, 0) is 23.7 Å². The molecule has 0 aliphatic carbocycles. The molecule has 0 saturated heterocycles. The number of rotatable bonds is 11. The number of benzene rings is 1. The van der Waals surface area contributed by atoms with Crippen LogP contribution in [0.2, 0.25) is 18.1 Å². The van der Waals surface area contributed by atoms with E-state index in [0.29, 0.717) is 0 Å². The van der Waals surface area contributed by atoms with Crippen LogP contribution in [0.15, 0.2) is 30.3 Å². The van der Waals surface area contributed by atoms with Gasteiger partial charge >= 0.3 is 0 Å². The van der Waals surface area contributed by atoms with Gasteiger partial charge in [0.2, 0.25) is 5.91 Å². The van der Waals surface area contributed by atoms with E-state index in [4.69, 9.17) is 13.3 Å². The lowest BCUT2D eigenvalue weighted by atomic mass is 10.1. The van der Waals surface area contributed by atoms with Gasteiger partial charge in [-0.25, -0.2) is 0 Å². The first-order valence-electron chi connectivity index (χ1n) is 10.0. The number of hydrogen-bond acceptors (Lipinski definition) is 7. The quantitative estimate of drug-likeness (QED) is 0.390. The molecule has 0 saturated carbocycles. The molecule has 0 bridgehead atoms. The van der Waals surface area contributed by atoms with E-state index in [1.807, 2.05) is 64.2 Å². The van der Waals surface area contributed by atoms with Crippen LogP contribution in [0, 0.1) is 11.3 Å². The Morgan fingerprint density at radius 3 is 2.26 bits per heavy atom. The summed E-state index contributed by atoms with van der Waals surface area (Å²) in [5.74, 6) is -0.392. The van der Waals surface area contributed by atoms with Gasteiger partial charge in [0, 0.05) is 6.92 Å². The minimum absolute atomic E-state index is 0.146. The van der Waals surface area contributed by atoms with Crippen molar-refractivity contribution in [1.29, 1.82) is 5.26 Å². The molecule has 0 unspecified atom stereocenters. The van der Waals surface area contributed by atoms with E-state index < -0.39 is 42.6 Å². The molecule has 0 heterocycles. The maximum absolute atomic E-state index is 11.9. The Labute approximate surface area is 187 Å². The summed E-state index contributed by atoms with van der Waals surface area (Å²) < 4.78 is 40.4. The molecule has 1 aromatic rings. The molecule has 1 amide bonds. The zero-order valence-electron chi connectivity index (χ0n) is 19.3.